The Morgan fingerprint density at radius 1 is 1.47 bits per heavy atom. The zero-order chi connectivity index (χ0) is 14.3. The standard InChI is InChI=1S/C13H17N3O3/c1-3-4-5-6-7-14-13(19)16-10-8-9(2)15-11(10)12(17)18/h1,8,15H,4-7H2,2H3,(H,17,18)(H2,14,16,19). The van der Waals surface area contributed by atoms with E-state index in [0.717, 1.165) is 12.8 Å². The lowest BCUT2D eigenvalue weighted by atomic mass is 10.2. The molecule has 4 N–H and O–H groups in total. The van der Waals surface area contributed by atoms with Crippen LogP contribution in [0.15, 0.2) is 6.07 Å². The number of carboxylic acids is 1. The summed E-state index contributed by atoms with van der Waals surface area (Å²) in [5, 5.41) is 14.1. The van der Waals surface area contributed by atoms with Crippen LogP contribution >= 0.6 is 0 Å². The first kappa shape index (κ1) is 14.6. The van der Waals surface area contributed by atoms with Crippen molar-refractivity contribution in [1.82, 2.24) is 10.3 Å². The largest absolute Gasteiger partial charge is 0.477 e. The normalized spacial score (nSPS) is 9.68. The number of hydrogen-bond acceptors (Lipinski definition) is 2. The first-order chi connectivity index (χ1) is 9.04. The summed E-state index contributed by atoms with van der Waals surface area (Å²) < 4.78 is 0. The van der Waals surface area contributed by atoms with Gasteiger partial charge in [-0.25, -0.2) is 9.59 Å². The number of aryl methyl sites for hydroxylation is 1. The zero-order valence-corrected chi connectivity index (χ0v) is 10.7. The third-order valence-corrected chi connectivity index (χ3v) is 2.45. The second-order valence-electron chi connectivity index (χ2n) is 4.09. The fraction of sp³-hybridized carbons (Fsp3) is 0.385. The highest BCUT2D eigenvalue weighted by Crippen LogP contribution is 2.16. The topological polar surface area (TPSA) is 94.2 Å². The van der Waals surface area contributed by atoms with Gasteiger partial charge in [0.05, 0.1) is 5.69 Å². The molecule has 19 heavy (non-hydrogen) atoms. The van der Waals surface area contributed by atoms with Gasteiger partial charge in [-0.3, -0.25) is 0 Å². The molecular weight excluding hydrogens is 246 g/mol. The third kappa shape index (κ3) is 4.76. The number of aromatic nitrogens is 1. The molecule has 6 heteroatoms. The molecule has 0 bridgehead atoms. The van der Waals surface area contributed by atoms with E-state index in [1.165, 1.54) is 0 Å². The summed E-state index contributed by atoms with van der Waals surface area (Å²) in [6, 6.07) is 1.14. The van der Waals surface area contributed by atoms with Gasteiger partial charge in [0, 0.05) is 18.7 Å². The number of carboxylic acid groups (broad SMARTS) is 1. The number of rotatable bonds is 6. The van der Waals surface area contributed by atoms with E-state index >= 15 is 0 Å². The summed E-state index contributed by atoms with van der Waals surface area (Å²) in [7, 11) is 0. The second kappa shape index (κ2) is 7.11. The Labute approximate surface area is 111 Å². The van der Waals surface area contributed by atoms with Gasteiger partial charge in [-0.1, -0.05) is 0 Å². The Balaban J connectivity index is 2.44. The van der Waals surface area contributed by atoms with Crippen LogP contribution in [0.25, 0.3) is 0 Å². The van der Waals surface area contributed by atoms with Crippen molar-refractivity contribution in [2.75, 3.05) is 11.9 Å². The predicted octanol–water partition coefficient (Wildman–Crippen LogP) is 1.95. The Morgan fingerprint density at radius 2 is 2.21 bits per heavy atom. The molecule has 0 radical (unpaired) electrons. The molecule has 0 saturated carbocycles. The molecule has 0 aromatic carbocycles. The maximum atomic E-state index is 11.6. The number of carbonyl (C=O) groups excluding carboxylic acids is 1. The fourth-order valence-corrected chi connectivity index (χ4v) is 1.58. The molecule has 0 unspecified atom stereocenters. The first-order valence-corrected chi connectivity index (χ1v) is 5.95. The van der Waals surface area contributed by atoms with Crippen LogP contribution in [0.5, 0.6) is 0 Å². The van der Waals surface area contributed by atoms with Crippen molar-refractivity contribution in [3.05, 3.63) is 17.5 Å². The Kier molecular flexibility index (Phi) is 5.48. The molecule has 2 amide bonds. The van der Waals surface area contributed by atoms with E-state index < -0.39 is 12.0 Å². The number of hydrogen-bond donors (Lipinski definition) is 4. The van der Waals surface area contributed by atoms with Gasteiger partial charge in [-0.15, -0.1) is 12.3 Å². The van der Waals surface area contributed by atoms with Crippen LogP contribution in [0.1, 0.15) is 35.4 Å². The van der Waals surface area contributed by atoms with E-state index in [1.54, 1.807) is 13.0 Å². The predicted molar refractivity (Wildman–Crippen MR) is 72.2 cm³/mol. The highest BCUT2D eigenvalue weighted by molar-refractivity contribution is 5.99. The second-order valence-corrected chi connectivity index (χ2v) is 4.09. The smallest absolute Gasteiger partial charge is 0.354 e. The van der Waals surface area contributed by atoms with Crippen molar-refractivity contribution >= 4 is 17.7 Å². The van der Waals surface area contributed by atoms with Gasteiger partial charge in [0.25, 0.3) is 0 Å². The molecule has 1 rings (SSSR count). The van der Waals surface area contributed by atoms with Crippen LogP contribution < -0.4 is 10.6 Å². The zero-order valence-electron chi connectivity index (χ0n) is 10.7. The molecule has 0 saturated heterocycles. The molecule has 6 nitrogen and oxygen atoms in total. The van der Waals surface area contributed by atoms with Crippen molar-refractivity contribution < 1.29 is 14.7 Å². The number of aromatic carboxylic acids is 1. The molecule has 0 aliphatic carbocycles. The maximum Gasteiger partial charge on any atom is 0.354 e. The van der Waals surface area contributed by atoms with Gasteiger partial charge >= 0.3 is 12.0 Å². The van der Waals surface area contributed by atoms with Crippen LogP contribution in [0.2, 0.25) is 0 Å². The molecule has 0 spiro atoms. The number of aromatic amines is 1. The van der Waals surface area contributed by atoms with Crippen LogP contribution in [0, 0.1) is 19.3 Å². The summed E-state index contributed by atoms with van der Waals surface area (Å²) in [5.41, 5.74) is 0.896. The van der Waals surface area contributed by atoms with E-state index in [9.17, 15) is 9.59 Å². The lowest BCUT2D eigenvalue weighted by molar-refractivity contribution is 0.0692. The summed E-state index contributed by atoms with van der Waals surface area (Å²) in [6.45, 7) is 2.22. The quantitative estimate of drug-likeness (QED) is 0.466. The number of amides is 2. The lowest BCUT2D eigenvalue weighted by Gasteiger charge is -2.06. The van der Waals surface area contributed by atoms with E-state index in [2.05, 4.69) is 21.5 Å². The van der Waals surface area contributed by atoms with Crippen molar-refractivity contribution in [3.63, 3.8) is 0 Å². The first-order valence-electron chi connectivity index (χ1n) is 5.95. The van der Waals surface area contributed by atoms with Gasteiger partial charge in [-0.2, -0.15) is 0 Å². The number of urea groups is 1. The maximum absolute atomic E-state index is 11.6. The number of nitrogens with one attached hydrogen (secondary N) is 3. The molecule has 0 atom stereocenters. The number of anilines is 1. The molecule has 0 fully saturated rings. The molecule has 0 aliphatic heterocycles. The molecular formula is C13H17N3O3. The van der Waals surface area contributed by atoms with E-state index in [0.29, 0.717) is 18.7 Å². The average Bonchev–Trinajstić information content (AvgIpc) is 2.70. The number of carbonyl (C=O) groups is 2. The van der Waals surface area contributed by atoms with E-state index in [4.69, 9.17) is 11.5 Å². The summed E-state index contributed by atoms with van der Waals surface area (Å²) in [4.78, 5) is 25.2. The van der Waals surface area contributed by atoms with Gasteiger partial charge in [-0.05, 0) is 25.8 Å². The van der Waals surface area contributed by atoms with Crippen molar-refractivity contribution in [2.24, 2.45) is 0 Å². The van der Waals surface area contributed by atoms with Crippen LogP contribution in [-0.4, -0.2) is 28.6 Å². The third-order valence-electron chi connectivity index (χ3n) is 2.45. The highest BCUT2D eigenvalue weighted by atomic mass is 16.4. The van der Waals surface area contributed by atoms with Crippen LogP contribution in [0.4, 0.5) is 10.5 Å². The fourth-order valence-electron chi connectivity index (χ4n) is 1.58. The highest BCUT2D eigenvalue weighted by Gasteiger charge is 2.14. The molecule has 1 aromatic rings. The van der Waals surface area contributed by atoms with Crippen molar-refractivity contribution in [2.45, 2.75) is 26.2 Å². The van der Waals surface area contributed by atoms with Crippen molar-refractivity contribution in [3.8, 4) is 12.3 Å². The van der Waals surface area contributed by atoms with Gasteiger partial charge in [0.2, 0.25) is 0 Å². The Morgan fingerprint density at radius 3 is 2.84 bits per heavy atom. The van der Waals surface area contributed by atoms with E-state index in [-0.39, 0.29) is 11.4 Å². The lowest BCUT2D eigenvalue weighted by Crippen LogP contribution is -2.29. The SMILES string of the molecule is C#CCCCCNC(=O)Nc1cc(C)[nH]c1C(=O)O. The minimum absolute atomic E-state index is 0.0278. The number of unbranched alkanes of at least 4 members (excludes halogenated alkanes) is 2. The monoisotopic (exact) mass is 263 g/mol. The van der Waals surface area contributed by atoms with Crippen molar-refractivity contribution in [1.29, 1.82) is 0 Å². The Bertz CT molecular complexity index is 500. The summed E-state index contributed by atoms with van der Waals surface area (Å²) >= 11 is 0. The molecule has 0 aliphatic rings. The molecule has 1 aromatic heterocycles. The van der Waals surface area contributed by atoms with Gasteiger partial charge in [0.1, 0.15) is 5.69 Å². The van der Waals surface area contributed by atoms with Crippen LogP contribution in [-0.2, 0) is 0 Å². The Hall–Kier alpha value is -2.42. The van der Waals surface area contributed by atoms with Gasteiger partial charge < -0.3 is 20.7 Å². The van der Waals surface area contributed by atoms with Crippen LogP contribution in [0.3, 0.4) is 0 Å². The average molecular weight is 263 g/mol. The van der Waals surface area contributed by atoms with Gasteiger partial charge in [0.15, 0.2) is 0 Å². The number of H-pyrrole nitrogens is 1. The summed E-state index contributed by atoms with van der Waals surface area (Å²) in [5.74, 6) is 1.41. The minimum Gasteiger partial charge on any atom is -0.477 e. The van der Waals surface area contributed by atoms with E-state index in [1.807, 2.05) is 0 Å². The molecule has 102 valence electrons. The minimum atomic E-state index is -1.11. The molecule has 1 heterocycles. The summed E-state index contributed by atoms with van der Waals surface area (Å²) in [6.07, 6.45) is 7.43. The number of terminal acetylenes is 1.